The molecule has 1 atom stereocenters. The number of carboxylic acid groups (broad SMARTS) is 1. The molecule has 2 N–H and O–H groups in total. The van der Waals surface area contributed by atoms with Crippen LogP contribution in [0, 0.1) is 5.92 Å². The van der Waals surface area contributed by atoms with Crippen LogP contribution in [0.5, 0.6) is 5.75 Å². The number of carboxylic acids is 1. The van der Waals surface area contributed by atoms with Crippen LogP contribution in [0.15, 0.2) is 24.3 Å². The largest absolute Gasteiger partial charge is 0.494 e. The van der Waals surface area contributed by atoms with E-state index in [4.69, 9.17) is 9.84 Å². The Hall–Kier alpha value is -1.55. The SMILES string of the molecule is CCCOc1ccc(CN[C@@H](CC(C)C)C(=O)O)cc1. The highest BCUT2D eigenvalue weighted by Gasteiger charge is 2.17. The average molecular weight is 279 g/mol. The second kappa shape index (κ2) is 8.59. The van der Waals surface area contributed by atoms with Crippen molar-refractivity contribution >= 4 is 5.97 Å². The molecular formula is C16H25NO3. The predicted molar refractivity (Wildman–Crippen MR) is 79.9 cm³/mol. The Balaban J connectivity index is 2.49. The van der Waals surface area contributed by atoms with Gasteiger partial charge in [0.1, 0.15) is 11.8 Å². The van der Waals surface area contributed by atoms with Gasteiger partial charge in [-0.1, -0.05) is 32.9 Å². The summed E-state index contributed by atoms with van der Waals surface area (Å²) < 4.78 is 5.51. The second-order valence-corrected chi connectivity index (χ2v) is 5.39. The van der Waals surface area contributed by atoms with Crippen molar-refractivity contribution in [2.75, 3.05) is 6.61 Å². The molecule has 0 aliphatic carbocycles. The number of carbonyl (C=O) groups is 1. The molecule has 0 unspecified atom stereocenters. The number of rotatable bonds is 9. The molecule has 0 aliphatic heterocycles. The summed E-state index contributed by atoms with van der Waals surface area (Å²) in [6.45, 7) is 7.39. The van der Waals surface area contributed by atoms with Gasteiger partial charge in [0, 0.05) is 6.54 Å². The van der Waals surface area contributed by atoms with Crippen LogP contribution in [-0.4, -0.2) is 23.7 Å². The maximum absolute atomic E-state index is 11.1. The number of benzene rings is 1. The molecule has 1 aromatic carbocycles. The molecule has 0 fully saturated rings. The van der Waals surface area contributed by atoms with E-state index in [1.807, 2.05) is 38.1 Å². The first-order valence-electron chi connectivity index (χ1n) is 7.20. The molecule has 0 spiro atoms. The lowest BCUT2D eigenvalue weighted by Crippen LogP contribution is -2.37. The zero-order valence-corrected chi connectivity index (χ0v) is 12.6. The molecular weight excluding hydrogens is 254 g/mol. The maximum atomic E-state index is 11.1. The number of ether oxygens (including phenoxy) is 1. The molecule has 0 aliphatic rings. The van der Waals surface area contributed by atoms with Crippen LogP contribution in [-0.2, 0) is 11.3 Å². The van der Waals surface area contributed by atoms with E-state index in [1.54, 1.807) is 0 Å². The quantitative estimate of drug-likeness (QED) is 0.729. The van der Waals surface area contributed by atoms with Gasteiger partial charge in [0.2, 0.25) is 0 Å². The molecule has 0 saturated carbocycles. The Morgan fingerprint density at radius 1 is 1.30 bits per heavy atom. The van der Waals surface area contributed by atoms with Crippen LogP contribution in [0.3, 0.4) is 0 Å². The summed E-state index contributed by atoms with van der Waals surface area (Å²) in [6, 6.07) is 7.28. The van der Waals surface area contributed by atoms with Gasteiger partial charge in [-0.2, -0.15) is 0 Å². The van der Waals surface area contributed by atoms with E-state index >= 15 is 0 Å². The van der Waals surface area contributed by atoms with Crippen LogP contribution in [0.1, 0.15) is 39.2 Å². The van der Waals surface area contributed by atoms with E-state index in [0.717, 1.165) is 17.7 Å². The van der Waals surface area contributed by atoms with Gasteiger partial charge in [-0.15, -0.1) is 0 Å². The molecule has 4 heteroatoms. The summed E-state index contributed by atoms with van der Waals surface area (Å²) in [5.74, 6) is 0.419. The van der Waals surface area contributed by atoms with Crippen LogP contribution in [0.4, 0.5) is 0 Å². The molecule has 4 nitrogen and oxygen atoms in total. The zero-order chi connectivity index (χ0) is 15.0. The summed E-state index contributed by atoms with van der Waals surface area (Å²) in [6.07, 6.45) is 1.62. The fourth-order valence-corrected chi connectivity index (χ4v) is 1.91. The average Bonchev–Trinajstić information content (AvgIpc) is 2.41. The lowest BCUT2D eigenvalue weighted by Gasteiger charge is -2.16. The second-order valence-electron chi connectivity index (χ2n) is 5.39. The maximum Gasteiger partial charge on any atom is 0.320 e. The van der Waals surface area contributed by atoms with Gasteiger partial charge in [-0.25, -0.2) is 0 Å². The van der Waals surface area contributed by atoms with E-state index in [1.165, 1.54) is 0 Å². The highest BCUT2D eigenvalue weighted by Crippen LogP contribution is 2.13. The van der Waals surface area contributed by atoms with Crippen molar-refractivity contribution in [1.82, 2.24) is 5.32 Å². The fraction of sp³-hybridized carbons (Fsp3) is 0.562. The van der Waals surface area contributed by atoms with Crippen molar-refractivity contribution < 1.29 is 14.6 Å². The van der Waals surface area contributed by atoms with Crippen LogP contribution >= 0.6 is 0 Å². The normalized spacial score (nSPS) is 12.4. The Labute approximate surface area is 121 Å². The molecule has 112 valence electrons. The van der Waals surface area contributed by atoms with Crippen molar-refractivity contribution in [3.63, 3.8) is 0 Å². The molecule has 0 amide bonds. The summed E-state index contributed by atoms with van der Waals surface area (Å²) in [5, 5.41) is 12.2. The minimum absolute atomic E-state index is 0.355. The standard InChI is InChI=1S/C16H25NO3/c1-4-9-20-14-7-5-13(6-8-14)11-17-15(16(18)19)10-12(2)3/h5-8,12,15,17H,4,9-11H2,1-3H3,(H,18,19)/t15-/m0/s1. The first-order valence-corrected chi connectivity index (χ1v) is 7.20. The summed E-state index contributed by atoms with van der Waals surface area (Å²) in [7, 11) is 0. The van der Waals surface area contributed by atoms with Crippen molar-refractivity contribution in [2.24, 2.45) is 5.92 Å². The van der Waals surface area contributed by atoms with Gasteiger partial charge in [0.15, 0.2) is 0 Å². The highest BCUT2D eigenvalue weighted by atomic mass is 16.5. The highest BCUT2D eigenvalue weighted by molar-refractivity contribution is 5.73. The number of nitrogens with one attached hydrogen (secondary N) is 1. The molecule has 1 aromatic rings. The predicted octanol–water partition coefficient (Wildman–Crippen LogP) is 3.06. The van der Waals surface area contributed by atoms with Crippen LogP contribution in [0.25, 0.3) is 0 Å². The Bertz CT molecular complexity index is 401. The van der Waals surface area contributed by atoms with E-state index in [9.17, 15) is 4.79 Å². The third kappa shape index (κ3) is 6.06. The summed E-state index contributed by atoms with van der Waals surface area (Å²) >= 11 is 0. The third-order valence-corrected chi connectivity index (χ3v) is 2.95. The fourth-order valence-electron chi connectivity index (χ4n) is 1.91. The Kier molecular flexibility index (Phi) is 7.09. The smallest absolute Gasteiger partial charge is 0.320 e. The molecule has 20 heavy (non-hydrogen) atoms. The van der Waals surface area contributed by atoms with E-state index in [2.05, 4.69) is 12.2 Å². The first kappa shape index (κ1) is 16.5. The van der Waals surface area contributed by atoms with Crippen molar-refractivity contribution in [3.8, 4) is 5.75 Å². The van der Waals surface area contributed by atoms with E-state index < -0.39 is 12.0 Å². The topological polar surface area (TPSA) is 58.6 Å². The molecule has 0 bridgehead atoms. The van der Waals surface area contributed by atoms with Gasteiger partial charge in [-0.3, -0.25) is 4.79 Å². The van der Waals surface area contributed by atoms with Crippen LogP contribution in [0.2, 0.25) is 0 Å². The lowest BCUT2D eigenvalue weighted by atomic mass is 10.0. The summed E-state index contributed by atoms with van der Waals surface area (Å²) in [5.41, 5.74) is 1.06. The number of aliphatic carboxylic acids is 1. The van der Waals surface area contributed by atoms with Crippen molar-refractivity contribution in [3.05, 3.63) is 29.8 Å². The molecule has 1 rings (SSSR count). The van der Waals surface area contributed by atoms with Gasteiger partial charge in [0.25, 0.3) is 0 Å². The number of hydrogen-bond acceptors (Lipinski definition) is 3. The Morgan fingerprint density at radius 3 is 2.45 bits per heavy atom. The van der Waals surface area contributed by atoms with Gasteiger partial charge in [0.05, 0.1) is 6.61 Å². The van der Waals surface area contributed by atoms with Gasteiger partial charge in [-0.05, 0) is 36.5 Å². The van der Waals surface area contributed by atoms with Gasteiger partial charge >= 0.3 is 5.97 Å². The van der Waals surface area contributed by atoms with Crippen molar-refractivity contribution in [2.45, 2.75) is 46.2 Å². The molecule has 0 saturated heterocycles. The molecule has 0 radical (unpaired) electrons. The van der Waals surface area contributed by atoms with E-state index in [-0.39, 0.29) is 0 Å². The van der Waals surface area contributed by atoms with Gasteiger partial charge < -0.3 is 15.2 Å². The minimum atomic E-state index is -0.790. The number of hydrogen-bond donors (Lipinski definition) is 2. The molecule has 0 aromatic heterocycles. The zero-order valence-electron chi connectivity index (χ0n) is 12.6. The first-order chi connectivity index (χ1) is 9.52. The van der Waals surface area contributed by atoms with Crippen molar-refractivity contribution in [1.29, 1.82) is 0 Å². The van der Waals surface area contributed by atoms with Crippen LogP contribution < -0.4 is 10.1 Å². The monoisotopic (exact) mass is 279 g/mol. The lowest BCUT2D eigenvalue weighted by molar-refractivity contribution is -0.140. The minimum Gasteiger partial charge on any atom is -0.494 e. The Morgan fingerprint density at radius 2 is 1.95 bits per heavy atom. The molecule has 0 heterocycles. The van der Waals surface area contributed by atoms with E-state index in [0.29, 0.717) is 25.5 Å². The summed E-state index contributed by atoms with van der Waals surface area (Å²) in [4.78, 5) is 11.1. The third-order valence-electron chi connectivity index (χ3n) is 2.95.